The van der Waals surface area contributed by atoms with E-state index in [1.165, 1.54) is 6.07 Å². The first-order valence-electron chi connectivity index (χ1n) is 13.9. The van der Waals surface area contributed by atoms with Crippen molar-refractivity contribution >= 4 is 17.5 Å². The number of benzene rings is 3. The van der Waals surface area contributed by atoms with Crippen LogP contribution < -0.4 is 5.48 Å². The molecule has 4 rings (SSSR count). The van der Waals surface area contributed by atoms with Gasteiger partial charge in [-0.25, -0.2) is 5.48 Å². The predicted octanol–water partition coefficient (Wildman–Crippen LogP) is 6.49. The maximum atomic E-state index is 13.6. The molecule has 3 aromatic carbocycles. The van der Waals surface area contributed by atoms with Crippen molar-refractivity contribution in [2.45, 2.75) is 37.6 Å². The highest BCUT2D eigenvalue weighted by molar-refractivity contribution is 6.32. The first-order valence-corrected chi connectivity index (χ1v) is 14.2. The van der Waals surface area contributed by atoms with Crippen LogP contribution in [0.25, 0.3) is 0 Å². The van der Waals surface area contributed by atoms with Crippen LogP contribution in [0.3, 0.4) is 0 Å². The topological polar surface area (TPSA) is 65.0 Å². The molecular formula is C32H35ClF3N3O3. The summed E-state index contributed by atoms with van der Waals surface area (Å²) in [6.45, 7) is 2.52. The predicted molar refractivity (Wildman–Crippen MR) is 156 cm³/mol. The Morgan fingerprint density at radius 1 is 1.07 bits per heavy atom. The summed E-state index contributed by atoms with van der Waals surface area (Å²) < 4.78 is 46.8. The van der Waals surface area contributed by atoms with Crippen LogP contribution in [0.15, 0.2) is 91.2 Å². The van der Waals surface area contributed by atoms with Crippen LogP contribution in [0, 0.1) is 0 Å². The van der Waals surface area contributed by atoms with Crippen molar-refractivity contribution in [2.24, 2.45) is 0 Å². The Bertz CT molecular complexity index is 1270. The molecule has 0 saturated carbocycles. The first-order chi connectivity index (χ1) is 20.2. The molecule has 1 unspecified atom stereocenters. The van der Waals surface area contributed by atoms with Crippen molar-refractivity contribution in [3.05, 3.63) is 118 Å². The van der Waals surface area contributed by atoms with Gasteiger partial charge in [0.2, 0.25) is 0 Å². The Kier molecular flexibility index (Phi) is 11.4. The number of likely N-dealkylation sites (tertiary alicyclic amines) is 1. The molecule has 1 saturated heterocycles. The van der Waals surface area contributed by atoms with Gasteiger partial charge in [0, 0.05) is 32.1 Å². The number of nitrogens with one attached hydrogen (secondary N) is 1. The first kappa shape index (κ1) is 31.6. The van der Waals surface area contributed by atoms with Crippen molar-refractivity contribution in [1.29, 1.82) is 0 Å². The monoisotopic (exact) mass is 601 g/mol. The fraction of sp³-hybridized carbons (Fsp3) is 0.344. The summed E-state index contributed by atoms with van der Waals surface area (Å²) in [6, 6.07) is 24.0. The number of carbonyl (C=O) groups excluding carboxylic acids is 1. The van der Waals surface area contributed by atoms with Crippen LogP contribution in [0.4, 0.5) is 13.2 Å². The third-order valence-corrected chi connectivity index (χ3v) is 7.75. The van der Waals surface area contributed by atoms with E-state index in [4.69, 9.17) is 21.5 Å². The Labute approximate surface area is 249 Å². The lowest BCUT2D eigenvalue weighted by Crippen LogP contribution is -2.44. The molecule has 10 heteroatoms. The number of piperidine rings is 1. The normalized spacial score (nSPS) is 16.3. The number of hydroxylamine groups is 1. The van der Waals surface area contributed by atoms with Crippen LogP contribution in [0.2, 0.25) is 5.02 Å². The summed E-state index contributed by atoms with van der Waals surface area (Å²) in [6.07, 6.45) is 0.500. The summed E-state index contributed by atoms with van der Waals surface area (Å²) in [5, 5.41) is 8.51. The van der Waals surface area contributed by atoms with E-state index in [1.54, 1.807) is 17.8 Å². The van der Waals surface area contributed by atoms with Gasteiger partial charge < -0.3 is 4.74 Å². The maximum absolute atomic E-state index is 13.6. The van der Waals surface area contributed by atoms with Gasteiger partial charge in [0.1, 0.15) is 6.10 Å². The van der Waals surface area contributed by atoms with Gasteiger partial charge in [-0.3, -0.25) is 19.8 Å². The number of halogens is 4. The molecule has 1 fully saturated rings. The summed E-state index contributed by atoms with van der Waals surface area (Å²) in [4.78, 5) is 15.5. The number of alkyl halides is 3. The Hall–Kier alpha value is -3.37. The van der Waals surface area contributed by atoms with E-state index in [9.17, 15) is 18.0 Å². The second kappa shape index (κ2) is 15.2. The second-order valence-electron chi connectivity index (χ2n) is 10.4. The molecule has 3 aromatic rings. The fourth-order valence-corrected chi connectivity index (χ4v) is 5.56. The third-order valence-electron chi connectivity index (χ3n) is 7.31. The minimum absolute atomic E-state index is 0.0316. The van der Waals surface area contributed by atoms with Gasteiger partial charge in [-0.05, 0) is 48.2 Å². The molecule has 1 aliphatic heterocycles. The van der Waals surface area contributed by atoms with Crippen LogP contribution in [-0.4, -0.2) is 59.7 Å². The van der Waals surface area contributed by atoms with Crippen molar-refractivity contribution in [2.75, 3.05) is 32.7 Å². The average Bonchev–Trinajstić information content (AvgIpc) is 2.99. The van der Waals surface area contributed by atoms with E-state index in [0.29, 0.717) is 25.2 Å². The lowest BCUT2D eigenvalue weighted by atomic mass is 9.90. The van der Waals surface area contributed by atoms with Gasteiger partial charge >= 0.3 is 6.18 Å². The lowest BCUT2D eigenvalue weighted by Gasteiger charge is -2.31. The maximum Gasteiger partial charge on any atom is 0.417 e. The molecule has 0 aromatic heterocycles. The molecular weight excluding hydrogens is 567 g/mol. The number of amides is 1. The third kappa shape index (κ3) is 9.06. The molecule has 0 spiro atoms. The van der Waals surface area contributed by atoms with Gasteiger partial charge in [-0.1, -0.05) is 84.4 Å². The number of rotatable bonds is 12. The zero-order chi connectivity index (χ0) is 30.0. The van der Waals surface area contributed by atoms with Crippen molar-refractivity contribution in [3.8, 4) is 0 Å². The van der Waals surface area contributed by atoms with Crippen LogP contribution in [0.5, 0.6) is 0 Å². The van der Waals surface area contributed by atoms with Gasteiger partial charge in [-0.15, -0.1) is 0 Å². The highest BCUT2D eigenvalue weighted by Gasteiger charge is 2.34. The summed E-state index contributed by atoms with van der Waals surface area (Å²) in [7, 11) is 0. The van der Waals surface area contributed by atoms with E-state index >= 15 is 0 Å². The molecule has 1 atom stereocenters. The van der Waals surface area contributed by atoms with Gasteiger partial charge in [0.25, 0.3) is 5.91 Å². The quantitative estimate of drug-likeness (QED) is 0.141. The molecule has 0 aliphatic carbocycles. The minimum atomic E-state index is -4.55. The largest absolute Gasteiger partial charge is 0.497 e. The van der Waals surface area contributed by atoms with Crippen LogP contribution in [0.1, 0.15) is 41.0 Å². The molecule has 1 amide bonds. The van der Waals surface area contributed by atoms with Gasteiger partial charge in [0.15, 0.2) is 0 Å². The van der Waals surface area contributed by atoms with Crippen LogP contribution >= 0.6 is 11.6 Å². The molecule has 0 bridgehead atoms. The van der Waals surface area contributed by atoms with Crippen LogP contribution in [-0.2, 0) is 22.3 Å². The highest BCUT2D eigenvalue weighted by atomic mass is 35.5. The fourth-order valence-electron chi connectivity index (χ4n) is 5.26. The molecule has 6 nitrogen and oxygen atoms in total. The zero-order valence-corrected chi connectivity index (χ0v) is 23.9. The number of hydrogen-bond donors (Lipinski definition) is 2. The van der Waals surface area contributed by atoms with Crippen molar-refractivity contribution in [1.82, 2.24) is 15.3 Å². The Morgan fingerprint density at radius 2 is 1.74 bits per heavy atom. The molecule has 1 aliphatic rings. The SMILES string of the molecule is O=C(CN1CCCC(O/C=C/CN(Cc2cccc(C(F)(F)F)c2Cl)CC(c2ccccc2)c2ccccc2)C1)NO. The van der Waals surface area contributed by atoms with E-state index in [1.807, 2.05) is 47.4 Å². The summed E-state index contributed by atoms with van der Waals surface area (Å²) >= 11 is 6.29. The van der Waals surface area contributed by atoms with E-state index in [-0.39, 0.29) is 30.1 Å². The highest BCUT2D eigenvalue weighted by Crippen LogP contribution is 2.37. The number of hydrogen-bond acceptors (Lipinski definition) is 5. The molecule has 224 valence electrons. The minimum Gasteiger partial charge on any atom is -0.497 e. The Balaban J connectivity index is 1.53. The number of nitrogens with zero attached hydrogens (tertiary/aromatic N) is 2. The molecule has 42 heavy (non-hydrogen) atoms. The standard InChI is InChI=1S/C32H35ClF3N3O3/c33-31-26(14-7-16-29(31)32(34,35)36)20-38(18-9-19-42-27-15-8-17-39(21-27)23-30(40)37-41)22-28(24-10-3-1-4-11-24)25-12-5-2-6-13-25/h1-7,9-14,16,19,27-28,41H,8,15,17-18,20-23H2,(H,37,40)/b19-9+. The van der Waals surface area contributed by atoms with Crippen molar-refractivity contribution < 1.29 is 27.9 Å². The zero-order valence-electron chi connectivity index (χ0n) is 23.1. The number of carbonyl (C=O) groups is 1. The summed E-state index contributed by atoms with van der Waals surface area (Å²) in [5.41, 5.74) is 3.39. The van der Waals surface area contributed by atoms with E-state index < -0.39 is 17.6 Å². The molecule has 2 N–H and O–H groups in total. The van der Waals surface area contributed by atoms with E-state index in [2.05, 4.69) is 29.2 Å². The smallest absolute Gasteiger partial charge is 0.417 e. The van der Waals surface area contributed by atoms with Gasteiger partial charge in [0.05, 0.1) is 23.4 Å². The second-order valence-corrected chi connectivity index (χ2v) is 10.8. The summed E-state index contributed by atoms with van der Waals surface area (Å²) in [5.74, 6) is -0.502. The molecule has 0 radical (unpaired) electrons. The Morgan fingerprint density at radius 3 is 2.36 bits per heavy atom. The number of ether oxygens (including phenoxy) is 1. The van der Waals surface area contributed by atoms with Crippen molar-refractivity contribution in [3.63, 3.8) is 0 Å². The molecule has 1 heterocycles. The van der Waals surface area contributed by atoms with Gasteiger partial charge in [-0.2, -0.15) is 13.2 Å². The van der Waals surface area contributed by atoms with E-state index in [0.717, 1.165) is 36.6 Å². The lowest BCUT2D eigenvalue weighted by molar-refractivity contribution is -0.137. The average molecular weight is 602 g/mol.